The summed E-state index contributed by atoms with van der Waals surface area (Å²) in [7, 11) is 0. The van der Waals surface area contributed by atoms with E-state index in [9.17, 15) is 0 Å². The summed E-state index contributed by atoms with van der Waals surface area (Å²) in [6.45, 7) is 11.3. The second kappa shape index (κ2) is 6.86. The van der Waals surface area contributed by atoms with Gasteiger partial charge in [-0.05, 0) is 50.3 Å². The van der Waals surface area contributed by atoms with Crippen LogP contribution in [0.2, 0.25) is 0 Å². The summed E-state index contributed by atoms with van der Waals surface area (Å²) in [4.78, 5) is 2.47. The summed E-state index contributed by atoms with van der Waals surface area (Å²) in [6.07, 6.45) is 0.505. The van der Waals surface area contributed by atoms with Crippen molar-refractivity contribution in [1.82, 2.24) is 25.1 Å². The highest BCUT2D eigenvalue weighted by atomic mass is 16.5. The lowest BCUT2D eigenvalue weighted by molar-refractivity contribution is -0.0933. The van der Waals surface area contributed by atoms with E-state index in [-0.39, 0.29) is 17.7 Å². The number of rotatable bonds is 5. The first-order valence-electron chi connectivity index (χ1n) is 8.44. The molecular formula is C17H26N6O. The van der Waals surface area contributed by atoms with Gasteiger partial charge in [0, 0.05) is 25.2 Å². The molecule has 1 N–H and O–H groups in total. The SMILES string of the molecule is C[C@H]1CN(C(C)(C)CNc2nnnn2-c2ccccc2)C[C@H](C)O1. The summed E-state index contributed by atoms with van der Waals surface area (Å²) in [5.74, 6) is 0.656. The molecule has 1 saturated heterocycles. The Balaban J connectivity index is 1.68. The van der Waals surface area contributed by atoms with Gasteiger partial charge in [0.25, 0.3) is 0 Å². The molecule has 0 bridgehead atoms. The van der Waals surface area contributed by atoms with E-state index < -0.39 is 0 Å². The molecular weight excluding hydrogens is 304 g/mol. The molecule has 24 heavy (non-hydrogen) atoms. The lowest BCUT2D eigenvalue weighted by Gasteiger charge is -2.45. The zero-order valence-electron chi connectivity index (χ0n) is 14.8. The monoisotopic (exact) mass is 330 g/mol. The zero-order chi connectivity index (χ0) is 17.2. The number of nitrogens with zero attached hydrogens (tertiary/aromatic N) is 5. The molecule has 0 saturated carbocycles. The van der Waals surface area contributed by atoms with Crippen LogP contribution in [0.3, 0.4) is 0 Å². The lowest BCUT2D eigenvalue weighted by atomic mass is 10.00. The normalized spacial score (nSPS) is 22.5. The predicted molar refractivity (Wildman–Crippen MR) is 93.3 cm³/mol. The fourth-order valence-electron chi connectivity index (χ4n) is 3.12. The zero-order valence-corrected chi connectivity index (χ0v) is 14.8. The number of anilines is 1. The van der Waals surface area contributed by atoms with Crippen molar-refractivity contribution in [3.63, 3.8) is 0 Å². The van der Waals surface area contributed by atoms with E-state index in [0.717, 1.165) is 25.3 Å². The molecule has 0 unspecified atom stereocenters. The van der Waals surface area contributed by atoms with Crippen molar-refractivity contribution in [1.29, 1.82) is 0 Å². The van der Waals surface area contributed by atoms with E-state index >= 15 is 0 Å². The number of morpholine rings is 1. The molecule has 2 atom stereocenters. The summed E-state index contributed by atoms with van der Waals surface area (Å²) in [6, 6.07) is 9.89. The number of benzene rings is 1. The molecule has 0 radical (unpaired) electrons. The highest BCUT2D eigenvalue weighted by molar-refractivity contribution is 5.38. The van der Waals surface area contributed by atoms with Crippen molar-refractivity contribution in [2.45, 2.75) is 45.4 Å². The van der Waals surface area contributed by atoms with Crippen LogP contribution in [0.4, 0.5) is 5.95 Å². The predicted octanol–water partition coefficient (Wildman–Crippen LogP) is 1.96. The number of tetrazole rings is 1. The Bertz CT molecular complexity index is 646. The third-order valence-corrected chi connectivity index (χ3v) is 4.43. The Kier molecular flexibility index (Phi) is 4.82. The number of hydrogen-bond acceptors (Lipinski definition) is 6. The Labute approximate surface area is 143 Å². The Morgan fingerprint density at radius 2 is 1.83 bits per heavy atom. The van der Waals surface area contributed by atoms with Crippen LogP contribution in [0.1, 0.15) is 27.7 Å². The summed E-state index contributed by atoms with van der Waals surface area (Å²) < 4.78 is 7.56. The Hall–Kier alpha value is -1.99. The first kappa shape index (κ1) is 16.9. The van der Waals surface area contributed by atoms with Gasteiger partial charge in [0.05, 0.1) is 17.9 Å². The largest absolute Gasteiger partial charge is 0.373 e. The first-order chi connectivity index (χ1) is 11.5. The van der Waals surface area contributed by atoms with Gasteiger partial charge in [-0.1, -0.05) is 23.3 Å². The van der Waals surface area contributed by atoms with Crippen molar-refractivity contribution in [2.75, 3.05) is 25.0 Å². The number of nitrogens with one attached hydrogen (secondary N) is 1. The van der Waals surface area contributed by atoms with Gasteiger partial charge in [-0.25, -0.2) is 0 Å². The average molecular weight is 330 g/mol. The van der Waals surface area contributed by atoms with Gasteiger partial charge in [0.1, 0.15) is 0 Å². The molecule has 7 nitrogen and oxygen atoms in total. The van der Waals surface area contributed by atoms with E-state index in [1.165, 1.54) is 0 Å². The van der Waals surface area contributed by atoms with Gasteiger partial charge < -0.3 is 10.1 Å². The van der Waals surface area contributed by atoms with Crippen LogP contribution >= 0.6 is 0 Å². The topological polar surface area (TPSA) is 68.1 Å². The highest BCUT2D eigenvalue weighted by Gasteiger charge is 2.33. The molecule has 0 aliphatic carbocycles. The molecule has 2 aromatic rings. The maximum atomic E-state index is 5.84. The minimum Gasteiger partial charge on any atom is -0.373 e. The molecule has 3 rings (SSSR count). The Morgan fingerprint density at radius 3 is 2.50 bits per heavy atom. The molecule has 2 heterocycles. The molecule has 0 spiro atoms. The lowest BCUT2D eigenvalue weighted by Crippen LogP contribution is -2.57. The van der Waals surface area contributed by atoms with Gasteiger partial charge in [0.2, 0.25) is 5.95 Å². The van der Waals surface area contributed by atoms with Gasteiger partial charge in [0.15, 0.2) is 0 Å². The maximum absolute atomic E-state index is 5.84. The van der Waals surface area contributed by atoms with Crippen LogP contribution in [0, 0.1) is 0 Å². The van der Waals surface area contributed by atoms with Crippen LogP contribution in [0.5, 0.6) is 0 Å². The second-order valence-electron chi connectivity index (χ2n) is 7.08. The van der Waals surface area contributed by atoms with Crippen LogP contribution < -0.4 is 5.32 Å². The molecule has 1 aliphatic heterocycles. The van der Waals surface area contributed by atoms with E-state index in [4.69, 9.17) is 4.74 Å². The van der Waals surface area contributed by atoms with Crippen LogP contribution in [-0.4, -0.2) is 62.5 Å². The molecule has 7 heteroatoms. The van der Waals surface area contributed by atoms with Crippen molar-refractivity contribution >= 4 is 5.95 Å². The highest BCUT2D eigenvalue weighted by Crippen LogP contribution is 2.22. The number of aromatic nitrogens is 4. The third-order valence-electron chi connectivity index (χ3n) is 4.43. The minimum absolute atomic E-state index is 0.0280. The average Bonchev–Trinajstić information content (AvgIpc) is 3.01. The fraction of sp³-hybridized carbons (Fsp3) is 0.588. The fourth-order valence-corrected chi connectivity index (χ4v) is 3.12. The van der Waals surface area contributed by atoms with Crippen molar-refractivity contribution in [3.05, 3.63) is 30.3 Å². The summed E-state index contributed by atoms with van der Waals surface area (Å²) >= 11 is 0. The van der Waals surface area contributed by atoms with Crippen molar-refractivity contribution in [3.8, 4) is 5.69 Å². The van der Waals surface area contributed by atoms with Crippen molar-refractivity contribution < 1.29 is 4.74 Å². The molecule has 130 valence electrons. The van der Waals surface area contributed by atoms with Crippen molar-refractivity contribution in [2.24, 2.45) is 0 Å². The van der Waals surface area contributed by atoms with E-state index in [0.29, 0.717) is 5.95 Å². The Morgan fingerprint density at radius 1 is 1.17 bits per heavy atom. The van der Waals surface area contributed by atoms with E-state index in [1.807, 2.05) is 30.3 Å². The minimum atomic E-state index is -0.0280. The smallest absolute Gasteiger partial charge is 0.247 e. The maximum Gasteiger partial charge on any atom is 0.247 e. The van der Waals surface area contributed by atoms with Crippen LogP contribution in [-0.2, 0) is 4.74 Å². The standard InChI is InChI=1S/C17H26N6O/c1-13-10-22(11-14(2)24-13)17(3,4)12-18-16-19-20-21-23(16)15-8-6-5-7-9-15/h5-9,13-14H,10-12H2,1-4H3,(H,18,19,21)/t13-,14-/m0/s1. The third kappa shape index (κ3) is 3.73. The molecule has 1 aliphatic rings. The van der Waals surface area contributed by atoms with Crippen LogP contribution in [0.15, 0.2) is 30.3 Å². The second-order valence-corrected chi connectivity index (χ2v) is 7.08. The molecule has 0 amide bonds. The quantitative estimate of drug-likeness (QED) is 0.904. The summed E-state index contributed by atoms with van der Waals surface area (Å²) in [5, 5.41) is 15.4. The van der Waals surface area contributed by atoms with Gasteiger partial charge in [-0.2, -0.15) is 4.68 Å². The number of hydrogen-bond donors (Lipinski definition) is 1. The molecule has 1 aromatic heterocycles. The number of para-hydroxylation sites is 1. The van der Waals surface area contributed by atoms with Crippen LogP contribution in [0.25, 0.3) is 5.69 Å². The molecule has 1 aromatic carbocycles. The summed E-state index contributed by atoms with van der Waals surface area (Å²) in [5.41, 5.74) is 0.913. The number of ether oxygens (including phenoxy) is 1. The van der Waals surface area contributed by atoms with E-state index in [2.05, 4.69) is 53.4 Å². The molecule has 1 fully saturated rings. The van der Waals surface area contributed by atoms with E-state index in [1.54, 1.807) is 4.68 Å². The first-order valence-corrected chi connectivity index (χ1v) is 8.44. The van der Waals surface area contributed by atoms with Gasteiger partial charge in [-0.15, -0.1) is 0 Å². The van der Waals surface area contributed by atoms with Gasteiger partial charge in [-0.3, -0.25) is 4.90 Å². The van der Waals surface area contributed by atoms with Gasteiger partial charge >= 0.3 is 0 Å².